The standard InChI is InChI=1S/C13H19ClN2O2S/c1-11-2-4-13(5-3-11)19(17,18)16-8-6-12(7-9-16)10-15-14/h2-5,12,15H,6-10H2,1H3. The Morgan fingerprint density at radius 2 is 1.84 bits per heavy atom. The number of hydrogen-bond donors (Lipinski definition) is 1. The van der Waals surface area contributed by atoms with Crippen LogP contribution in [-0.4, -0.2) is 32.4 Å². The zero-order chi connectivity index (χ0) is 13.9. The molecule has 6 heteroatoms. The number of hydrogen-bond acceptors (Lipinski definition) is 3. The molecule has 2 rings (SSSR count). The summed E-state index contributed by atoms with van der Waals surface area (Å²) in [6, 6.07) is 7.02. The van der Waals surface area contributed by atoms with Crippen LogP contribution >= 0.6 is 11.8 Å². The second-order valence-corrected chi connectivity index (χ2v) is 7.20. The maximum absolute atomic E-state index is 12.4. The molecule has 0 bridgehead atoms. The quantitative estimate of drug-likeness (QED) is 0.867. The summed E-state index contributed by atoms with van der Waals surface area (Å²) in [6.45, 7) is 3.82. The molecular weight excluding hydrogens is 284 g/mol. The van der Waals surface area contributed by atoms with E-state index in [1.807, 2.05) is 19.1 Å². The summed E-state index contributed by atoms with van der Waals surface area (Å²) in [6.07, 6.45) is 1.70. The van der Waals surface area contributed by atoms with Crippen LogP contribution in [0.5, 0.6) is 0 Å². The Hall–Kier alpha value is -0.620. The van der Waals surface area contributed by atoms with Crippen LogP contribution in [0.2, 0.25) is 0 Å². The molecule has 4 nitrogen and oxygen atoms in total. The maximum Gasteiger partial charge on any atom is 0.243 e. The first-order chi connectivity index (χ1) is 9.04. The zero-order valence-electron chi connectivity index (χ0n) is 11.0. The van der Waals surface area contributed by atoms with Crippen LogP contribution in [0.4, 0.5) is 0 Å². The van der Waals surface area contributed by atoms with Crippen LogP contribution in [0, 0.1) is 12.8 Å². The van der Waals surface area contributed by atoms with Gasteiger partial charge in [0.15, 0.2) is 0 Å². The number of halogens is 1. The van der Waals surface area contributed by atoms with E-state index in [0.717, 1.165) is 24.9 Å². The average molecular weight is 303 g/mol. The summed E-state index contributed by atoms with van der Waals surface area (Å²) in [7, 11) is -3.34. The molecule has 0 atom stereocenters. The third-order valence-electron chi connectivity index (χ3n) is 3.60. The predicted molar refractivity (Wildman–Crippen MR) is 76.5 cm³/mol. The predicted octanol–water partition coefficient (Wildman–Crippen LogP) is 2.14. The van der Waals surface area contributed by atoms with E-state index in [-0.39, 0.29) is 0 Å². The second-order valence-electron chi connectivity index (χ2n) is 5.00. The Morgan fingerprint density at radius 3 is 2.37 bits per heavy atom. The lowest BCUT2D eigenvalue weighted by molar-refractivity contribution is 0.275. The summed E-state index contributed by atoms with van der Waals surface area (Å²) in [5.74, 6) is 0.460. The van der Waals surface area contributed by atoms with Gasteiger partial charge in [-0.25, -0.2) is 13.3 Å². The minimum absolute atomic E-state index is 0.381. The van der Waals surface area contributed by atoms with Crippen molar-refractivity contribution in [2.45, 2.75) is 24.7 Å². The zero-order valence-corrected chi connectivity index (χ0v) is 12.5. The van der Waals surface area contributed by atoms with E-state index >= 15 is 0 Å². The van der Waals surface area contributed by atoms with Crippen molar-refractivity contribution in [2.75, 3.05) is 19.6 Å². The molecule has 0 unspecified atom stereocenters. The number of sulfonamides is 1. The van der Waals surface area contributed by atoms with Gasteiger partial charge >= 0.3 is 0 Å². The van der Waals surface area contributed by atoms with E-state index in [0.29, 0.717) is 23.9 Å². The molecule has 1 fully saturated rings. The van der Waals surface area contributed by atoms with Crippen LogP contribution in [0.3, 0.4) is 0 Å². The summed E-state index contributed by atoms with van der Waals surface area (Å²) < 4.78 is 26.5. The molecule has 1 aliphatic heterocycles. The smallest absolute Gasteiger partial charge is 0.233 e. The van der Waals surface area contributed by atoms with Gasteiger partial charge in [-0.05, 0) is 49.6 Å². The first-order valence-corrected chi connectivity index (χ1v) is 8.26. The fourth-order valence-corrected chi connectivity index (χ4v) is 4.01. The number of nitrogens with one attached hydrogen (secondary N) is 1. The lowest BCUT2D eigenvalue weighted by Gasteiger charge is -2.30. The van der Waals surface area contributed by atoms with Crippen LogP contribution in [0.1, 0.15) is 18.4 Å². The Morgan fingerprint density at radius 1 is 1.26 bits per heavy atom. The average Bonchev–Trinajstić information content (AvgIpc) is 2.40. The van der Waals surface area contributed by atoms with E-state index in [9.17, 15) is 8.42 Å². The molecule has 0 amide bonds. The van der Waals surface area contributed by atoms with Crippen molar-refractivity contribution in [3.05, 3.63) is 29.8 Å². The van der Waals surface area contributed by atoms with Gasteiger partial charge in [0, 0.05) is 19.6 Å². The number of rotatable bonds is 4. The van der Waals surface area contributed by atoms with Crippen molar-refractivity contribution in [3.8, 4) is 0 Å². The number of benzene rings is 1. The lowest BCUT2D eigenvalue weighted by Crippen LogP contribution is -2.40. The minimum atomic E-state index is -3.34. The van der Waals surface area contributed by atoms with Gasteiger partial charge in [0.2, 0.25) is 10.0 Å². The van der Waals surface area contributed by atoms with E-state index in [1.165, 1.54) is 0 Å². The van der Waals surface area contributed by atoms with Gasteiger partial charge in [0.1, 0.15) is 0 Å². The van der Waals surface area contributed by atoms with E-state index in [2.05, 4.69) is 4.84 Å². The summed E-state index contributed by atoms with van der Waals surface area (Å²) >= 11 is 5.49. The Labute approximate surface area is 119 Å². The molecule has 1 heterocycles. The lowest BCUT2D eigenvalue weighted by atomic mass is 9.99. The fourth-order valence-electron chi connectivity index (χ4n) is 2.32. The van der Waals surface area contributed by atoms with Crippen LogP contribution in [-0.2, 0) is 10.0 Å². The normalized spacial score (nSPS) is 18.6. The van der Waals surface area contributed by atoms with Gasteiger partial charge in [-0.15, -0.1) is 0 Å². The van der Waals surface area contributed by atoms with E-state index in [4.69, 9.17) is 11.8 Å². The summed E-state index contributed by atoms with van der Waals surface area (Å²) in [5.41, 5.74) is 1.06. The molecule has 1 saturated heterocycles. The highest BCUT2D eigenvalue weighted by Crippen LogP contribution is 2.23. The van der Waals surface area contributed by atoms with Crippen molar-refractivity contribution in [1.29, 1.82) is 0 Å². The number of nitrogens with zero attached hydrogens (tertiary/aromatic N) is 1. The molecule has 0 saturated carbocycles. The van der Waals surface area contributed by atoms with Gasteiger partial charge in [-0.3, -0.25) is 0 Å². The highest BCUT2D eigenvalue weighted by molar-refractivity contribution is 7.89. The minimum Gasteiger partial charge on any atom is -0.233 e. The summed E-state index contributed by atoms with van der Waals surface area (Å²) in [4.78, 5) is 3.01. The topological polar surface area (TPSA) is 49.4 Å². The molecular formula is C13H19ClN2O2S. The third kappa shape index (κ3) is 3.48. The van der Waals surface area contributed by atoms with Crippen molar-refractivity contribution < 1.29 is 8.42 Å². The fraction of sp³-hybridized carbons (Fsp3) is 0.538. The Balaban J connectivity index is 2.07. The molecule has 1 aromatic carbocycles. The van der Waals surface area contributed by atoms with E-state index < -0.39 is 10.0 Å². The number of piperidine rings is 1. The van der Waals surface area contributed by atoms with Crippen LogP contribution in [0.15, 0.2) is 29.2 Å². The highest BCUT2D eigenvalue weighted by Gasteiger charge is 2.28. The van der Waals surface area contributed by atoms with Crippen LogP contribution < -0.4 is 4.84 Å². The first kappa shape index (κ1) is 14.8. The number of aryl methyl sites for hydroxylation is 1. The maximum atomic E-state index is 12.4. The molecule has 1 N–H and O–H groups in total. The Kier molecular flexibility index (Phi) is 4.84. The van der Waals surface area contributed by atoms with Gasteiger partial charge in [-0.1, -0.05) is 17.7 Å². The molecule has 0 radical (unpaired) electrons. The van der Waals surface area contributed by atoms with Crippen molar-refractivity contribution in [2.24, 2.45) is 5.92 Å². The molecule has 1 aliphatic rings. The molecule has 0 spiro atoms. The molecule has 19 heavy (non-hydrogen) atoms. The van der Waals surface area contributed by atoms with Gasteiger partial charge in [0.05, 0.1) is 4.90 Å². The third-order valence-corrected chi connectivity index (χ3v) is 5.67. The van der Waals surface area contributed by atoms with Crippen molar-refractivity contribution >= 4 is 21.8 Å². The summed E-state index contributed by atoms with van der Waals surface area (Å²) in [5, 5.41) is 0. The second kappa shape index (κ2) is 6.22. The highest BCUT2D eigenvalue weighted by atomic mass is 35.5. The largest absolute Gasteiger partial charge is 0.243 e. The SMILES string of the molecule is Cc1ccc(S(=O)(=O)N2CCC(CNCl)CC2)cc1. The molecule has 0 aromatic heterocycles. The van der Waals surface area contributed by atoms with Crippen molar-refractivity contribution in [3.63, 3.8) is 0 Å². The monoisotopic (exact) mass is 302 g/mol. The molecule has 106 valence electrons. The van der Waals surface area contributed by atoms with Crippen LogP contribution in [0.25, 0.3) is 0 Å². The molecule has 1 aromatic rings. The molecule has 0 aliphatic carbocycles. The van der Waals surface area contributed by atoms with Gasteiger partial charge in [-0.2, -0.15) is 4.31 Å². The van der Waals surface area contributed by atoms with Gasteiger partial charge in [0.25, 0.3) is 0 Å². The van der Waals surface area contributed by atoms with Gasteiger partial charge < -0.3 is 0 Å². The first-order valence-electron chi connectivity index (χ1n) is 6.44. The Bertz CT molecular complexity index is 508. The van der Waals surface area contributed by atoms with E-state index in [1.54, 1.807) is 16.4 Å². The van der Waals surface area contributed by atoms with Crippen molar-refractivity contribution in [1.82, 2.24) is 9.14 Å².